The summed E-state index contributed by atoms with van der Waals surface area (Å²) in [5.41, 5.74) is 10.5. The third kappa shape index (κ3) is 4.95. The van der Waals surface area contributed by atoms with Crippen LogP contribution in [0.25, 0.3) is 11.0 Å². The summed E-state index contributed by atoms with van der Waals surface area (Å²) in [5, 5.41) is 5.48. The lowest BCUT2D eigenvalue weighted by Gasteiger charge is -2.29. The number of nitrogen functional groups attached to an aromatic ring is 1. The average Bonchev–Trinajstić information content (AvgIpc) is 3.26. The smallest absolute Gasteiger partial charge is 0.170 e. The van der Waals surface area contributed by atoms with Crippen LogP contribution >= 0.6 is 0 Å². The molecule has 7 nitrogen and oxygen atoms in total. The monoisotopic (exact) mass is 496 g/mol. The number of aromatic nitrogens is 4. The van der Waals surface area contributed by atoms with E-state index in [9.17, 15) is 9.18 Å². The number of carbonyl (C=O) groups is 1. The van der Waals surface area contributed by atoms with Gasteiger partial charge in [0.15, 0.2) is 11.4 Å². The number of piperidine rings is 1. The number of nitrogens with zero attached hydrogens (tertiary/aromatic N) is 5. The van der Waals surface area contributed by atoms with Crippen LogP contribution in [0.5, 0.6) is 0 Å². The number of nitrogens with two attached hydrogens (primary N) is 1. The second kappa shape index (κ2) is 10.1. The molecule has 0 unspecified atom stereocenters. The second-order valence-corrected chi connectivity index (χ2v) is 9.72. The molecule has 5 rings (SSSR count). The summed E-state index contributed by atoms with van der Waals surface area (Å²) in [6.07, 6.45) is 3.50. The van der Waals surface area contributed by atoms with Crippen LogP contribution in [0, 0.1) is 31.5 Å². The number of Topliss-reactive ketones (excluding diaryl/α,β-unsaturated/α-hetero) is 1. The van der Waals surface area contributed by atoms with Gasteiger partial charge in [-0.1, -0.05) is 30.2 Å². The number of halogens is 1. The maximum absolute atomic E-state index is 14.4. The van der Waals surface area contributed by atoms with Crippen molar-refractivity contribution in [2.24, 2.45) is 0 Å². The molecule has 0 aliphatic carbocycles. The van der Waals surface area contributed by atoms with Gasteiger partial charge in [-0.3, -0.25) is 4.79 Å². The first-order chi connectivity index (χ1) is 17.8. The highest BCUT2D eigenvalue weighted by molar-refractivity contribution is 5.98. The van der Waals surface area contributed by atoms with Crippen molar-refractivity contribution in [1.29, 1.82) is 0 Å². The zero-order valence-corrected chi connectivity index (χ0v) is 21.3. The van der Waals surface area contributed by atoms with E-state index < -0.39 is 5.82 Å². The van der Waals surface area contributed by atoms with E-state index in [1.54, 1.807) is 19.1 Å². The van der Waals surface area contributed by atoms with Crippen molar-refractivity contribution in [3.05, 3.63) is 82.1 Å². The summed E-state index contributed by atoms with van der Waals surface area (Å²) in [4.78, 5) is 23.8. The summed E-state index contributed by atoms with van der Waals surface area (Å²) >= 11 is 0. The van der Waals surface area contributed by atoms with Crippen molar-refractivity contribution in [2.45, 2.75) is 39.2 Å². The Morgan fingerprint density at radius 2 is 1.89 bits per heavy atom. The van der Waals surface area contributed by atoms with E-state index in [0.717, 1.165) is 42.6 Å². The highest BCUT2D eigenvalue weighted by Crippen LogP contribution is 2.28. The number of likely N-dealkylation sites (tertiary alicyclic amines) is 1. The molecule has 0 spiro atoms. The quantitative estimate of drug-likeness (QED) is 0.336. The minimum Gasteiger partial charge on any atom is -0.383 e. The molecule has 1 fully saturated rings. The van der Waals surface area contributed by atoms with E-state index in [2.05, 4.69) is 33.8 Å². The Kier molecular flexibility index (Phi) is 6.72. The van der Waals surface area contributed by atoms with Gasteiger partial charge in [0.1, 0.15) is 23.7 Å². The number of carbonyl (C=O) groups excluding carboxylic acids is 1. The number of hydrogen-bond donors (Lipinski definition) is 1. The standard InChI is InChI=1S/C29H29FN6O/c1-18-7-8-20(16-25(37)23-6-4-5-19(2)27(23)30)15-21(18)9-10-24-26-28(31)32-17-33-29(26)36(34-24)22-11-13-35(3)14-12-22/h4-8,15,17,22H,11-14,16H2,1-3H3,(H2,31,32,33). The lowest BCUT2D eigenvalue weighted by atomic mass is 9.98. The van der Waals surface area contributed by atoms with E-state index in [-0.39, 0.29) is 23.8 Å². The van der Waals surface area contributed by atoms with Gasteiger partial charge in [0, 0.05) is 12.0 Å². The first-order valence-electron chi connectivity index (χ1n) is 12.4. The molecule has 4 aromatic rings. The van der Waals surface area contributed by atoms with E-state index in [1.807, 2.05) is 29.8 Å². The molecule has 0 radical (unpaired) electrons. The predicted octanol–water partition coefficient (Wildman–Crippen LogP) is 4.26. The number of fused-ring (bicyclic) bond motifs is 1. The first-order valence-corrected chi connectivity index (χ1v) is 12.4. The number of aryl methyl sites for hydroxylation is 2. The molecule has 0 atom stereocenters. The van der Waals surface area contributed by atoms with Gasteiger partial charge in [-0.15, -0.1) is 0 Å². The Hall–Kier alpha value is -4.09. The van der Waals surface area contributed by atoms with E-state index in [1.165, 1.54) is 12.4 Å². The summed E-state index contributed by atoms with van der Waals surface area (Å²) in [5.74, 6) is 6.02. The van der Waals surface area contributed by atoms with E-state index in [0.29, 0.717) is 28.1 Å². The van der Waals surface area contributed by atoms with Gasteiger partial charge in [-0.25, -0.2) is 19.0 Å². The zero-order chi connectivity index (χ0) is 26.1. The fourth-order valence-corrected chi connectivity index (χ4v) is 4.76. The molecule has 8 heteroatoms. The summed E-state index contributed by atoms with van der Waals surface area (Å²) in [6.45, 7) is 5.60. The van der Waals surface area contributed by atoms with Crippen LogP contribution in [-0.2, 0) is 6.42 Å². The molecule has 0 amide bonds. The summed E-state index contributed by atoms with van der Waals surface area (Å²) in [7, 11) is 2.12. The molecule has 1 saturated heterocycles. The van der Waals surface area contributed by atoms with Crippen molar-refractivity contribution in [3.8, 4) is 11.8 Å². The molecule has 2 N–H and O–H groups in total. The Balaban J connectivity index is 1.47. The van der Waals surface area contributed by atoms with Crippen molar-refractivity contribution in [1.82, 2.24) is 24.6 Å². The number of benzene rings is 2. The number of anilines is 1. The van der Waals surface area contributed by atoms with E-state index >= 15 is 0 Å². The lowest BCUT2D eigenvalue weighted by molar-refractivity contribution is 0.0989. The SMILES string of the molecule is Cc1ccc(CC(=O)c2cccc(C)c2F)cc1C#Cc1nn(C2CCN(C)CC2)c2ncnc(N)c12. The molecule has 188 valence electrons. The van der Waals surface area contributed by atoms with Crippen molar-refractivity contribution >= 4 is 22.6 Å². The maximum atomic E-state index is 14.4. The number of rotatable bonds is 4. The number of ketones is 1. The van der Waals surface area contributed by atoms with Gasteiger partial charge >= 0.3 is 0 Å². The predicted molar refractivity (Wildman–Crippen MR) is 142 cm³/mol. The van der Waals surface area contributed by atoms with Crippen LogP contribution < -0.4 is 5.73 Å². The minimum atomic E-state index is -0.466. The van der Waals surface area contributed by atoms with Crippen LogP contribution in [0.1, 0.15) is 57.2 Å². The van der Waals surface area contributed by atoms with Crippen molar-refractivity contribution in [2.75, 3.05) is 25.9 Å². The Labute approximate surface area is 215 Å². The molecule has 1 aliphatic heterocycles. The normalized spacial score (nSPS) is 14.5. The highest BCUT2D eigenvalue weighted by atomic mass is 19.1. The van der Waals surface area contributed by atoms with Crippen LogP contribution in [0.3, 0.4) is 0 Å². The van der Waals surface area contributed by atoms with Crippen molar-refractivity contribution in [3.63, 3.8) is 0 Å². The van der Waals surface area contributed by atoms with Gasteiger partial charge in [0.25, 0.3) is 0 Å². The Morgan fingerprint density at radius 3 is 2.68 bits per heavy atom. The second-order valence-electron chi connectivity index (χ2n) is 9.72. The number of hydrogen-bond acceptors (Lipinski definition) is 6. The Morgan fingerprint density at radius 1 is 1.11 bits per heavy atom. The van der Waals surface area contributed by atoms with Crippen LogP contribution in [0.2, 0.25) is 0 Å². The van der Waals surface area contributed by atoms with Gasteiger partial charge in [-0.05, 0) is 81.6 Å². The first kappa shape index (κ1) is 24.6. The van der Waals surface area contributed by atoms with Crippen LogP contribution in [0.15, 0.2) is 42.7 Å². The molecule has 0 bridgehead atoms. The molecule has 0 saturated carbocycles. The van der Waals surface area contributed by atoms with Crippen LogP contribution in [-0.4, -0.2) is 50.6 Å². The van der Waals surface area contributed by atoms with E-state index in [4.69, 9.17) is 10.8 Å². The van der Waals surface area contributed by atoms with Gasteiger partial charge in [-0.2, -0.15) is 5.10 Å². The molecule has 2 aromatic heterocycles. The summed E-state index contributed by atoms with van der Waals surface area (Å²) in [6, 6.07) is 10.8. The largest absolute Gasteiger partial charge is 0.383 e. The fourth-order valence-electron chi connectivity index (χ4n) is 4.76. The Bertz CT molecular complexity index is 1560. The molecule has 37 heavy (non-hydrogen) atoms. The molecule has 3 heterocycles. The third-order valence-electron chi connectivity index (χ3n) is 7.03. The van der Waals surface area contributed by atoms with Crippen LogP contribution in [0.4, 0.5) is 10.2 Å². The zero-order valence-electron chi connectivity index (χ0n) is 21.3. The molecule has 2 aromatic carbocycles. The maximum Gasteiger partial charge on any atom is 0.170 e. The topological polar surface area (TPSA) is 89.9 Å². The average molecular weight is 497 g/mol. The molecular formula is C29H29FN6O. The molecular weight excluding hydrogens is 467 g/mol. The lowest BCUT2D eigenvalue weighted by Crippen LogP contribution is -2.32. The minimum absolute atomic E-state index is 0.0871. The third-order valence-corrected chi connectivity index (χ3v) is 7.03. The van der Waals surface area contributed by atoms with Crippen molar-refractivity contribution < 1.29 is 9.18 Å². The van der Waals surface area contributed by atoms with Gasteiger partial charge in [0.05, 0.1) is 17.0 Å². The van der Waals surface area contributed by atoms with Gasteiger partial charge in [0.2, 0.25) is 0 Å². The highest BCUT2D eigenvalue weighted by Gasteiger charge is 2.24. The summed E-state index contributed by atoms with van der Waals surface area (Å²) < 4.78 is 16.4. The fraction of sp³-hybridized carbons (Fsp3) is 0.310. The van der Waals surface area contributed by atoms with Gasteiger partial charge < -0.3 is 10.6 Å². The molecule has 1 aliphatic rings.